The van der Waals surface area contributed by atoms with Crippen molar-refractivity contribution < 1.29 is 22.4 Å². The van der Waals surface area contributed by atoms with Crippen LogP contribution in [0.3, 0.4) is 0 Å². The molecule has 1 heterocycles. The fourth-order valence-electron chi connectivity index (χ4n) is 2.55. The topological polar surface area (TPSA) is 45.5 Å². The third kappa shape index (κ3) is 4.91. The van der Waals surface area contributed by atoms with Gasteiger partial charge >= 0.3 is 6.03 Å². The highest BCUT2D eigenvalue weighted by molar-refractivity contribution is 5.89. The first-order chi connectivity index (χ1) is 12.9. The smallest absolute Gasteiger partial charge is 0.322 e. The van der Waals surface area contributed by atoms with Crippen LogP contribution in [0, 0.1) is 24.4 Å². The second kappa shape index (κ2) is 7.99. The lowest BCUT2D eigenvalue weighted by Crippen LogP contribution is -2.34. The minimum atomic E-state index is -0.876. The number of urea groups is 1. The Bertz CT molecular complexity index is 939. The summed E-state index contributed by atoms with van der Waals surface area (Å²) in [6, 6.07) is 11.5. The monoisotopic (exact) mass is 374 g/mol. The lowest BCUT2D eigenvalue weighted by molar-refractivity contribution is 0.200. The average molecular weight is 374 g/mol. The van der Waals surface area contributed by atoms with Crippen molar-refractivity contribution in [2.45, 2.75) is 20.0 Å². The summed E-state index contributed by atoms with van der Waals surface area (Å²) in [5.74, 6) is -0.760. The van der Waals surface area contributed by atoms with Crippen molar-refractivity contribution in [2.75, 3.05) is 5.32 Å². The number of amides is 2. The Morgan fingerprint density at radius 1 is 0.963 bits per heavy atom. The van der Waals surface area contributed by atoms with E-state index in [9.17, 15) is 18.0 Å². The van der Waals surface area contributed by atoms with Crippen molar-refractivity contribution in [1.29, 1.82) is 0 Å². The van der Waals surface area contributed by atoms with E-state index in [1.54, 1.807) is 31.2 Å². The number of halogens is 3. The van der Waals surface area contributed by atoms with Gasteiger partial charge in [-0.25, -0.2) is 18.0 Å². The molecule has 3 rings (SSSR count). The van der Waals surface area contributed by atoms with Gasteiger partial charge in [0.05, 0.1) is 12.2 Å². The number of carbonyl (C=O) groups excluding carboxylic acids is 1. The quantitative estimate of drug-likeness (QED) is 0.664. The zero-order chi connectivity index (χ0) is 19.4. The first-order valence-electron chi connectivity index (χ1n) is 8.21. The molecule has 140 valence electrons. The van der Waals surface area contributed by atoms with E-state index in [4.69, 9.17) is 4.42 Å². The lowest BCUT2D eigenvalue weighted by Gasteiger charge is -2.22. The van der Waals surface area contributed by atoms with E-state index in [0.717, 1.165) is 12.1 Å². The lowest BCUT2D eigenvalue weighted by atomic mass is 10.2. The molecule has 0 aliphatic carbocycles. The van der Waals surface area contributed by atoms with Gasteiger partial charge in [0.2, 0.25) is 0 Å². The van der Waals surface area contributed by atoms with Gasteiger partial charge in [0, 0.05) is 12.6 Å². The summed E-state index contributed by atoms with van der Waals surface area (Å²) in [7, 11) is 0. The number of anilines is 1. The molecule has 2 aromatic carbocycles. The third-order valence-electron chi connectivity index (χ3n) is 3.89. The summed E-state index contributed by atoms with van der Waals surface area (Å²) < 4.78 is 45.5. The van der Waals surface area contributed by atoms with Crippen LogP contribution in [-0.4, -0.2) is 10.9 Å². The van der Waals surface area contributed by atoms with Crippen LogP contribution >= 0.6 is 0 Å². The maximum absolute atomic E-state index is 13.8. The Balaban J connectivity index is 1.80. The fraction of sp³-hybridized carbons (Fsp3) is 0.150. The molecule has 1 aromatic heterocycles. The molecule has 2 amide bonds. The summed E-state index contributed by atoms with van der Waals surface area (Å²) in [5, 5.41) is 2.43. The number of furan rings is 1. The van der Waals surface area contributed by atoms with Gasteiger partial charge in [-0.05, 0) is 48.9 Å². The molecule has 0 unspecified atom stereocenters. The number of carbonyl (C=O) groups is 1. The van der Waals surface area contributed by atoms with Crippen molar-refractivity contribution >= 4 is 11.7 Å². The molecule has 3 aromatic rings. The minimum Gasteiger partial charge on any atom is -0.464 e. The van der Waals surface area contributed by atoms with Gasteiger partial charge < -0.3 is 14.6 Å². The maximum Gasteiger partial charge on any atom is 0.322 e. The summed E-state index contributed by atoms with van der Waals surface area (Å²) in [5.41, 5.74) is 0.551. The Labute approximate surface area is 154 Å². The molecule has 0 bridgehead atoms. The van der Waals surface area contributed by atoms with Crippen LogP contribution in [0.25, 0.3) is 0 Å². The zero-order valence-electron chi connectivity index (χ0n) is 14.5. The van der Waals surface area contributed by atoms with Gasteiger partial charge in [0.25, 0.3) is 0 Å². The molecule has 0 radical (unpaired) electrons. The number of aryl methyl sites for hydroxylation is 1. The predicted molar refractivity (Wildman–Crippen MR) is 94.5 cm³/mol. The van der Waals surface area contributed by atoms with Gasteiger partial charge in [-0.15, -0.1) is 0 Å². The Morgan fingerprint density at radius 3 is 2.30 bits per heavy atom. The number of rotatable bonds is 5. The van der Waals surface area contributed by atoms with Gasteiger partial charge in [0.1, 0.15) is 29.0 Å². The minimum absolute atomic E-state index is 0.125. The van der Waals surface area contributed by atoms with Gasteiger partial charge in [0.15, 0.2) is 0 Å². The van der Waals surface area contributed by atoms with Crippen LogP contribution in [0.15, 0.2) is 59.0 Å². The van der Waals surface area contributed by atoms with Crippen LogP contribution in [0.2, 0.25) is 0 Å². The van der Waals surface area contributed by atoms with Crippen molar-refractivity contribution in [3.63, 3.8) is 0 Å². The molecule has 1 N–H and O–H groups in total. The molecule has 0 saturated heterocycles. The summed E-state index contributed by atoms with van der Waals surface area (Å²) in [6.45, 7) is 2.05. The zero-order valence-corrected chi connectivity index (χ0v) is 14.5. The molecule has 0 fully saturated rings. The van der Waals surface area contributed by atoms with E-state index in [2.05, 4.69) is 5.32 Å². The molecule has 7 heteroatoms. The number of hydrogen-bond donors (Lipinski definition) is 1. The highest BCUT2D eigenvalue weighted by Crippen LogP contribution is 2.18. The number of nitrogens with zero attached hydrogens (tertiary/aromatic N) is 1. The van der Waals surface area contributed by atoms with E-state index in [1.807, 2.05) is 0 Å². The standard InChI is InChI=1S/C20H17F3N2O2/c1-13-2-8-17(27-13)12-25(11-14-3-5-15(21)6-4-14)20(26)24-19-9-7-16(22)10-18(19)23/h2-10H,11-12H2,1H3,(H,24,26). The van der Waals surface area contributed by atoms with Crippen LogP contribution < -0.4 is 5.32 Å². The predicted octanol–water partition coefficient (Wildman–Crippen LogP) is 5.24. The summed E-state index contributed by atoms with van der Waals surface area (Å²) >= 11 is 0. The van der Waals surface area contributed by atoms with E-state index >= 15 is 0 Å². The van der Waals surface area contributed by atoms with Crippen LogP contribution in [-0.2, 0) is 13.1 Å². The van der Waals surface area contributed by atoms with Crippen molar-refractivity contribution in [3.05, 3.63) is 89.1 Å². The van der Waals surface area contributed by atoms with Crippen LogP contribution in [0.1, 0.15) is 17.1 Å². The SMILES string of the molecule is Cc1ccc(CN(Cc2ccc(F)cc2)C(=O)Nc2ccc(F)cc2F)o1. The normalized spacial score (nSPS) is 10.7. The second-order valence-electron chi connectivity index (χ2n) is 6.05. The molecule has 4 nitrogen and oxygen atoms in total. The molecule has 27 heavy (non-hydrogen) atoms. The van der Waals surface area contributed by atoms with E-state index in [-0.39, 0.29) is 24.6 Å². The highest BCUT2D eigenvalue weighted by atomic mass is 19.1. The molecule has 0 atom stereocenters. The first kappa shape index (κ1) is 18.6. The molecule has 0 aliphatic rings. The maximum atomic E-state index is 13.8. The Kier molecular flexibility index (Phi) is 5.49. The van der Waals surface area contributed by atoms with Gasteiger partial charge in [-0.3, -0.25) is 0 Å². The van der Waals surface area contributed by atoms with Crippen LogP contribution in [0.4, 0.5) is 23.7 Å². The molecule has 0 saturated carbocycles. The summed E-state index contributed by atoms with van der Waals surface area (Å²) in [6.07, 6.45) is 0. The van der Waals surface area contributed by atoms with Gasteiger partial charge in [-0.2, -0.15) is 0 Å². The molecular formula is C20H17F3N2O2. The Hall–Kier alpha value is -3.22. The number of hydrogen-bond acceptors (Lipinski definition) is 2. The molecule has 0 spiro atoms. The average Bonchev–Trinajstić information content (AvgIpc) is 3.03. The molecule has 0 aliphatic heterocycles. The number of benzene rings is 2. The highest BCUT2D eigenvalue weighted by Gasteiger charge is 2.18. The van der Waals surface area contributed by atoms with E-state index < -0.39 is 17.7 Å². The fourth-order valence-corrected chi connectivity index (χ4v) is 2.55. The van der Waals surface area contributed by atoms with E-state index in [0.29, 0.717) is 23.2 Å². The molecular weight excluding hydrogens is 357 g/mol. The summed E-state index contributed by atoms with van der Waals surface area (Å²) in [4.78, 5) is 14.1. The second-order valence-corrected chi connectivity index (χ2v) is 6.05. The van der Waals surface area contributed by atoms with Crippen molar-refractivity contribution in [1.82, 2.24) is 4.90 Å². The van der Waals surface area contributed by atoms with E-state index in [1.165, 1.54) is 17.0 Å². The van der Waals surface area contributed by atoms with Gasteiger partial charge in [-0.1, -0.05) is 12.1 Å². The first-order valence-corrected chi connectivity index (χ1v) is 8.21. The largest absolute Gasteiger partial charge is 0.464 e. The Morgan fingerprint density at radius 2 is 1.67 bits per heavy atom. The van der Waals surface area contributed by atoms with Crippen LogP contribution in [0.5, 0.6) is 0 Å². The third-order valence-corrected chi connectivity index (χ3v) is 3.89. The van der Waals surface area contributed by atoms with Crippen molar-refractivity contribution in [3.8, 4) is 0 Å². The number of nitrogens with one attached hydrogen (secondary N) is 1. The van der Waals surface area contributed by atoms with Crippen molar-refractivity contribution in [2.24, 2.45) is 0 Å².